The van der Waals surface area contributed by atoms with Gasteiger partial charge in [0.15, 0.2) is 0 Å². The van der Waals surface area contributed by atoms with Gasteiger partial charge in [-0.05, 0) is 50.5 Å². The SMILES string of the molecule is COCCNCc1cc(C)c(OCC=C(C)C)c(C)c1. The van der Waals surface area contributed by atoms with Gasteiger partial charge < -0.3 is 14.8 Å². The highest BCUT2D eigenvalue weighted by Gasteiger charge is 2.06. The molecule has 0 saturated heterocycles. The van der Waals surface area contributed by atoms with E-state index in [1.807, 2.05) is 0 Å². The second-order valence-corrected chi connectivity index (χ2v) is 5.32. The fraction of sp³-hybridized carbons (Fsp3) is 0.529. The van der Waals surface area contributed by atoms with Crippen LogP contribution >= 0.6 is 0 Å². The van der Waals surface area contributed by atoms with E-state index in [2.05, 4.69) is 51.2 Å². The van der Waals surface area contributed by atoms with Crippen molar-refractivity contribution in [2.24, 2.45) is 0 Å². The second-order valence-electron chi connectivity index (χ2n) is 5.32. The Bertz CT molecular complexity index is 425. The Labute approximate surface area is 123 Å². The molecular formula is C17H27NO2. The van der Waals surface area contributed by atoms with E-state index in [1.165, 1.54) is 22.3 Å². The van der Waals surface area contributed by atoms with Gasteiger partial charge >= 0.3 is 0 Å². The number of hydrogen-bond donors (Lipinski definition) is 1. The maximum absolute atomic E-state index is 5.86. The van der Waals surface area contributed by atoms with E-state index in [0.29, 0.717) is 6.61 Å². The summed E-state index contributed by atoms with van der Waals surface area (Å²) in [6, 6.07) is 4.37. The molecule has 3 heteroatoms. The average Bonchev–Trinajstić information content (AvgIpc) is 2.37. The Morgan fingerprint density at radius 3 is 2.40 bits per heavy atom. The van der Waals surface area contributed by atoms with Crippen LogP contribution in [-0.2, 0) is 11.3 Å². The van der Waals surface area contributed by atoms with Gasteiger partial charge in [-0.25, -0.2) is 0 Å². The van der Waals surface area contributed by atoms with E-state index in [0.717, 1.165) is 25.4 Å². The van der Waals surface area contributed by atoms with Gasteiger partial charge in [0.05, 0.1) is 6.61 Å². The van der Waals surface area contributed by atoms with Gasteiger partial charge in [-0.15, -0.1) is 0 Å². The number of methoxy groups -OCH3 is 1. The molecule has 1 aromatic carbocycles. The van der Waals surface area contributed by atoms with Gasteiger partial charge in [0.1, 0.15) is 12.4 Å². The highest BCUT2D eigenvalue weighted by molar-refractivity contribution is 5.43. The lowest BCUT2D eigenvalue weighted by Gasteiger charge is -2.13. The van der Waals surface area contributed by atoms with Gasteiger partial charge in [-0.3, -0.25) is 0 Å². The molecule has 0 unspecified atom stereocenters. The zero-order valence-corrected chi connectivity index (χ0v) is 13.4. The van der Waals surface area contributed by atoms with Crippen molar-refractivity contribution in [3.63, 3.8) is 0 Å². The van der Waals surface area contributed by atoms with Gasteiger partial charge in [-0.2, -0.15) is 0 Å². The Kier molecular flexibility index (Phi) is 7.34. The summed E-state index contributed by atoms with van der Waals surface area (Å²) in [6.45, 7) is 11.5. The molecule has 0 aliphatic rings. The van der Waals surface area contributed by atoms with Crippen LogP contribution in [0.4, 0.5) is 0 Å². The fourth-order valence-corrected chi connectivity index (χ4v) is 2.07. The standard InChI is InChI=1S/C17H27NO2/c1-13(2)6-8-20-17-14(3)10-16(11-15(17)4)12-18-7-9-19-5/h6,10-11,18H,7-9,12H2,1-5H3. The molecule has 0 atom stereocenters. The highest BCUT2D eigenvalue weighted by Crippen LogP contribution is 2.24. The summed E-state index contributed by atoms with van der Waals surface area (Å²) in [4.78, 5) is 0. The van der Waals surface area contributed by atoms with Crippen molar-refractivity contribution in [2.75, 3.05) is 26.9 Å². The van der Waals surface area contributed by atoms with Gasteiger partial charge in [0, 0.05) is 20.2 Å². The van der Waals surface area contributed by atoms with Crippen LogP contribution in [0.2, 0.25) is 0 Å². The van der Waals surface area contributed by atoms with Crippen LogP contribution in [0.25, 0.3) is 0 Å². The molecule has 0 spiro atoms. The van der Waals surface area contributed by atoms with Crippen LogP contribution in [0.1, 0.15) is 30.5 Å². The third-order valence-corrected chi connectivity index (χ3v) is 3.05. The van der Waals surface area contributed by atoms with Crippen LogP contribution in [0.3, 0.4) is 0 Å². The first kappa shape index (κ1) is 16.7. The zero-order chi connectivity index (χ0) is 15.0. The Hall–Kier alpha value is -1.32. The lowest BCUT2D eigenvalue weighted by molar-refractivity contribution is 0.199. The first-order chi connectivity index (χ1) is 9.54. The quantitative estimate of drug-likeness (QED) is 0.583. The molecule has 0 saturated carbocycles. The molecule has 1 N–H and O–H groups in total. The highest BCUT2D eigenvalue weighted by atomic mass is 16.5. The molecule has 0 heterocycles. The van der Waals surface area contributed by atoms with Crippen molar-refractivity contribution >= 4 is 0 Å². The number of aryl methyl sites for hydroxylation is 2. The lowest BCUT2D eigenvalue weighted by Crippen LogP contribution is -2.18. The summed E-state index contributed by atoms with van der Waals surface area (Å²) in [5.74, 6) is 1.00. The van der Waals surface area contributed by atoms with E-state index in [4.69, 9.17) is 9.47 Å². The zero-order valence-electron chi connectivity index (χ0n) is 13.4. The molecule has 1 rings (SSSR count). The first-order valence-electron chi connectivity index (χ1n) is 7.10. The topological polar surface area (TPSA) is 30.5 Å². The predicted molar refractivity (Wildman–Crippen MR) is 84.4 cm³/mol. The van der Waals surface area contributed by atoms with Crippen LogP contribution in [0, 0.1) is 13.8 Å². The van der Waals surface area contributed by atoms with Gasteiger partial charge in [0.2, 0.25) is 0 Å². The number of allylic oxidation sites excluding steroid dienone is 1. The van der Waals surface area contributed by atoms with Crippen molar-refractivity contribution in [3.8, 4) is 5.75 Å². The minimum absolute atomic E-state index is 0.634. The van der Waals surface area contributed by atoms with E-state index in [1.54, 1.807) is 7.11 Å². The molecule has 3 nitrogen and oxygen atoms in total. The monoisotopic (exact) mass is 277 g/mol. The lowest BCUT2D eigenvalue weighted by atomic mass is 10.1. The molecule has 112 valence electrons. The van der Waals surface area contributed by atoms with E-state index < -0.39 is 0 Å². The molecule has 20 heavy (non-hydrogen) atoms. The normalized spacial score (nSPS) is 10.4. The number of hydrogen-bond acceptors (Lipinski definition) is 3. The Morgan fingerprint density at radius 1 is 1.20 bits per heavy atom. The van der Waals surface area contributed by atoms with Crippen LogP contribution in [-0.4, -0.2) is 26.9 Å². The van der Waals surface area contributed by atoms with Gasteiger partial charge in [0.25, 0.3) is 0 Å². The largest absolute Gasteiger partial charge is 0.489 e. The van der Waals surface area contributed by atoms with E-state index >= 15 is 0 Å². The minimum Gasteiger partial charge on any atom is -0.489 e. The molecule has 0 aliphatic heterocycles. The molecule has 0 radical (unpaired) electrons. The summed E-state index contributed by atoms with van der Waals surface area (Å²) in [5.41, 5.74) is 4.94. The van der Waals surface area contributed by atoms with Crippen LogP contribution < -0.4 is 10.1 Å². The van der Waals surface area contributed by atoms with Crippen LogP contribution in [0.15, 0.2) is 23.8 Å². The van der Waals surface area contributed by atoms with Crippen molar-refractivity contribution in [1.29, 1.82) is 0 Å². The second kappa shape index (κ2) is 8.77. The fourth-order valence-electron chi connectivity index (χ4n) is 2.07. The van der Waals surface area contributed by atoms with Crippen LogP contribution in [0.5, 0.6) is 5.75 Å². The molecule has 0 amide bonds. The molecule has 0 aromatic heterocycles. The number of benzene rings is 1. The molecule has 0 bridgehead atoms. The maximum atomic E-state index is 5.86. The maximum Gasteiger partial charge on any atom is 0.125 e. The molecule has 0 aliphatic carbocycles. The summed E-state index contributed by atoms with van der Waals surface area (Å²) >= 11 is 0. The number of rotatable bonds is 8. The average molecular weight is 277 g/mol. The van der Waals surface area contributed by atoms with Crippen molar-refractivity contribution < 1.29 is 9.47 Å². The number of ether oxygens (including phenoxy) is 2. The molecule has 1 aromatic rings. The molecule has 0 fully saturated rings. The first-order valence-corrected chi connectivity index (χ1v) is 7.10. The van der Waals surface area contributed by atoms with Crippen molar-refractivity contribution in [2.45, 2.75) is 34.2 Å². The van der Waals surface area contributed by atoms with Crippen molar-refractivity contribution in [1.82, 2.24) is 5.32 Å². The summed E-state index contributed by atoms with van der Waals surface area (Å²) in [7, 11) is 1.72. The summed E-state index contributed by atoms with van der Waals surface area (Å²) < 4.78 is 10.9. The smallest absolute Gasteiger partial charge is 0.125 e. The minimum atomic E-state index is 0.634. The summed E-state index contributed by atoms with van der Waals surface area (Å²) in [6.07, 6.45) is 2.10. The van der Waals surface area contributed by atoms with E-state index in [9.17, 15) is 0 Å². The molecular weight excluding hydrogens is 250 g/mol. The Balaban J connectivity index is 2.63. The number of nitrogens with one attached hydrogen (secondary N) is 1. The summed E-state index contributed by atoms with van der Waals surface area (Å²) in [5, 5.41) is 3.36. The Morgan fingerprint density at radius 2 is 1.85 bits per heavy atom. The van der Waals surface area contributed by atoms with E-state index in [-0.39, 0.29) is 0 Å². The third kappa shape index (κ3) is 5.76. The predicted octanol–water partition coefficient (Wildman–Crippen LogP) is 3.38. The third-order valence-electron chi connectivity index (χ3n) is 3.05. The van der Waals surface area contributed by atoms with Gasteiger partial charge in [-0.1, -0.05) is 17.7 Å². The van der Waals surface area contributed by atoms with Crippen molar-refractivity contribution in [3.05, 3.63) is 40.5 Å².